The van der Waals surface area contributed by atoms with E-state index in [0.29, 0.717) is 26.1 Å². The molecule has 4 rings (SSSR count). The van der Waals surface area contributed by atoms with Crippen LogP contribution in [-0.2, 0) is 15.3 Å². The Morgan fingerprint density at radius 3 is 2.69 bits per heavy atom. The molecule has 2 amide bonds. The molecule has 1 atom stereocenters. The third-order valence-electron chi connectivity index (χ3n) is 6.29. The molecule has 0 radical (unpaired) electrons. The maximum Gasteiger partial charge on any atom is 0.317 e. The largest absolute Gasteiger partial charge is 0.337 e. The van der Waals surface area contributed by atoms with Crippen LogP contribution in [0.1, 0.15) is 37.7 Å². The Kier molecular flexibility index (Phi) is 4.47. The van der Waals surface area contributed by atoms with Gasteiger partial charge in [-0.05, 0) is 49.8 Å². The summed E-state index contributed by atoms with van der Waals surface area (Å²) in [5.74, 6) is 0.497. The van der Waals surface area contributed by atoms with E-state index in [-0.39, 0.29) is 28.4 Å². The molecule has 1 spiro atoms. The highest BCUT2D eigenvalue weighted by Crippen LogP contribution is 2.48. The lowest BCUT2D eigenvalue weighted by Crippen LogP contribution is -2.51. The Morgan fingerprint density at radius 2 is 2.04 bits per heavy atom. The molecule has 1 saturated carbocycles. The number of benzene rings is 1. The summed E-state index contributed by atoms with van der Waals surface area (Å²) in [6.45, 7) is 1.87. The highest BCUT2D eigenvalue weighted by atomic mass is 35.5. The number of carbonyl (C=O) groups is 1. The second kappa shape index (κ2) is 6.41. The zero-order valence-corrected chi connectivity index (χ0v) is 16.4. The van der Waals surface area contributed by atoms with Crippen LogP contribution in [0.25, 0.3) is 0 Å². The van der Waals surface area contributed by atoms with Crippen molar-refractivity contribution in [3.63, 3.8) is 0 Å². The SMILES string of the molecule is O=C(NCC1(c2cccc(Cl)c2)CC1)N1CCC[C@@]2(CCS(=O)(=O)C2)C1. The number of piperidine rings is 1. The van der Waals surface area contributed by atoms with E-state index in [0.717, 1.165) is 30.7 Å². The Balaban J connectivity index is 1.38. The molecule has 0 bridgehead atoms. The van der Waals surface area contributed by atoms with Crippen molar-refractivity contribution in [2.24, 2.45) is 5.41 Å². The third-order valence-corrected chi connectivity index (χ3v) is 8.40. The summed E-state index contributed by atoms with van der Waals surface area (Å²) in [6.07, 6.45) is 4.57. The third kappa shape index (κ3) is 3.58. The van der Waals surface area contributed by atoms with Crippen LogP contribution in [0.4, 0.5) is 4.79 Å². The summed E-state index contributed by atoms with van der Waals surface area (Å²) < 4.78 is 23.8. The van der Waals surface area contributed by atoms with Crippen LogP contribution in [0.5, 0.6) is 0 Å². The van der Waals surface area contributed by atoms with Crippen molar-refractivity contribution >= 4 is 27.5 Å². The van der Waals surface area contributed by atoms with Crippen LogP contribution in [0.2, 0.25) is 5.02 Å². The van der Waals surface area contributed by atoms with E-state index in [1.54, 1.807) is 0 Å². The molecule has 0 aromatic heterocycles. The molecule has 1 aromatic rings. The molecule has 1 N–H and O–H groups in total. The van der Waals surface area contributed by atoms with Gasteiger partial charge in [0.15, 0.2) is 9.84 Å². The Hall–Kier alpha value is -1.27. The van der Waals surface area contributed by atoms with Crippen LogP contribution in [-0.4, -0.2) is 50.5 Å². The molecule has 2 saturated heterocycles. The highest BCUT2D eigenvalue weighted by molar-refractivity contribution is 7.91. The first-order chi connectivity index (χ1) is 12.3. The van der Waals surface area contributed by atoms with E-state index < -0.39 is 9.84 Å². The first-order valence-corrected chi connectivity index (χ1v) is 11.5. The second-order valence-electron chi connectivity index (χ2n) is 8.32. The van der Waals surface area contributed by atoms with E-state index in [2.05, 4.69) is 11.4 Å². The van der Waals surface area contributed by atoms with E-state index in [1.165, 1.54) is 5.56 Å². The molecule has 26 heavy (non-hydrogen) atoms. The molecular formula is C19H25ClN2O3S. The molecule has 3 aliphatic rings. The molecule has 142 valence electrons. The first kappa shape index (κ1) is 18.1. The summed E-state index contributed by atoms with van der Waals surface area (Å²) in [5, 5.41) is 3.82. The average Bonchev–Trinajstić information content (AvgIpc) is 3.34. The lowest BCUT2D eigenvalue weighted by molar-refractivity contribution is 0.121. The monoisotopic (exact) mass is 396 g/mol. The quantitative estimate of drug-likeness (QED) is 0.854. The fraction of sp³-hybridized carbons (Fsp3) is 0.632. The highest BCUT2D eigenvalue weighted by Gasteiger charge is 2.47. The maximum atomic E-state index is 12.7. The number of halogens is 1. The number of rotatable bonds is 3. The summed E-state index contributed by atoms with van der Waals surface area (Å²) in [6, 6.07) is 7.81. The molecule has 7 heteroatoms. The lowest BCUT2D eigenvalue weighted by Gasteiger charge is -2.39. The predicted molar refractivity (Wildman–Crippen MR) is 102 cm³/mol. The number of hydrogen-bond acceptors (Lipinski definition) is 3. The van der Waals surface area contributed by atoms with Gasteiger partial charge in [0.2, 0.25) is 0 Å². The van der Waals surface area contributed by atoms with Gasteiger partial charge in [-0.1, -0.05) is 23.7 Å². The average molecular weight is 397 g/mol. The summed E-state index contributed by atoms with van der Waals surface area (Å²) in [4.78, 5) is 14.5. The van der Waals surface area contributed by atoms with Crippen molar-refractivity contribution in [2.45, 2.75) is 37.5 Å². The fourth-order valence-corrected chi connectivity index (χ4v) is 6.97. The minimum Gasteiger partial charge on any atom is -0.337 e. The first-order valence-electron chi connectivity index (χ1n) is 9.31. The van der Waals surface area contributed by atoms with Crippen molar-refractivity contribution in [3.05, 3.63) is 34.9 Å². The Morgan fingerprint density at radius 1 is 1.23 bits per heavy atom. The lowest BCUT2D eigenvalue weighted by atomic mass is 9.80. The van der Waals surface area contributed by atoms with Gasteiger partial charge in [-0.3, -0.25) is 0 Å². The summed E-state index contributed by atoms with van der Waals surface area (Å²) >= 11 is 6.11. The fourth-order valence-electron chi connectivity index (χ4n) is 4.58. The molecule has 5 nitrogen and oxygen atoms in total. The molecular weight excluding hydrogens is 372 g/mol. The van der Waals surface area contributed by atoms with Gasteiger partial charge < -0.3 is 10.2 Å². The van der Waals surface area contributed by atoms with Crippen molar-refractivity contribution in [1.82, 2.24) is 10.2 Å². The molecule has 3 fully saturated rings. The van der Waals surface area contributed by atoms with Crippen LogP contribution in [0.15, 0.2) is 24.3 Å². The number of likely N-dealkylation sites (tertiary alicyclic amines) is 1. The van der Waals surface area contributed by atoms with Gasteiger partial charge in [-0.25, -0.2) is 13.2 Å². The standard InChI is InChI=1S/C19H25ClN2O3S/c20-16-4-1-3-15(11-16)19(6-7-19)12-21-17(23)22-9-2-5-18(13-22)8-10-26(24,25)14-18/h1,3-4,11H,2,5-10,12-14H2,(H,21,23)/t18-/m1/s1. The number of sulfone groups is 1. The number of urea groups is 1. The Bertz CT molecular complexity index is 822. The number of nitrogens with zero attached hydrogens (tertiary/aromatic N) is 1. The van der Waals surface area contributed by atoms with Gasteiger partial charge in [-0.2, -0.15) is 0 Å². The summed E-state index contributed by atoms with van der Waals surface area (Å²) in [7, 11) is -2.94. The van der Waals surface area contributed by atoms with E-state index in [1.807, 2.05) is 23.1 Å². The van der Waals surface area contributed by atoms with Crippen LogP contribution in [0, 0.1) is 5.41 Å². The van der Waals surface area contributed by atoms with Gasteiger partial charge in [0, 0.05) is 35.5 Å². The Labute approximate surface area is 160 Å². The van der Waals surface area contributed by atoms with Crippen molar-refractivity contribution in [3.8, 4) is 0 Å². The van der Waals surface area contributed by atoms with Gasteiger partial charge in [0.25, 0.3) is 0 Å². The van der Waals surface area contributed by atoms with Crippen LogP contribution in [0.3, 0.4) is 0 Å². The normalized spacial score (nSPS) is 28.9. The molecule has 2 heterocycles. The number of nitrogens with one attached hydrogen (secondary N) is 1. The van der Waals surface area contributed by atoms with Crippen molar-refractivity contribution in [2.75, 3.05) is 31.1 Å². The van der Waals surface area contributed by atoms with E-state index >= 15 is 0 Å². The number of hydrogen-bond donors (Lipinski definition) is 1. The van der Waals surface area contributed by atoms with E-state index in [9.17, 15) is 13.2 Å². The number of amides is 2. The van der Waals surface area contributed by atoms with Crippen molar-refractivity contribution < 1.29 is 13.2 Å². The van der Waals surface area contributed by atoms with Gasteiger partial charge in [-0.15, -0.1) is 0 Å². The smallest absolute Gasteiger partial charge is 0.317 e. The predicted octanol–water partition coefficient (Wildman–Crippen LogP) is 2.98. The zero-order chi connectivity index (χ0) is 18.4. The molecule has 0 unspecified atom stereocenters. The van der Waals surface area contributed by atoms with Gasteiger partial charge >= 0.3 is 6.03 Å². The van der Waals surface area contributed by atoms with E-state index in [4.69, 9.17) is 11.6 Å². The second-order valence-corrected chi connectivity index (χ2v) is 10.9. The minimum atomic E-state index is -2.94. The number of carbonyl (C=O) groups excluding carboxylic acids is 1. The van der Waals surface area contributed by atoms with Gasteiger partial charge in [0.05, 0.1) is 11.5 Å². The summed E-state index contributed by atoms with van der Waals surface area (Å²) in [5.41, 5.74) is 0.964. The molecule has 1 aromatic carbocycles. The van der Waals surface area contributed by atoms with Crippen LogP contribution >= 0.6 is 11.6 Å². The van der Waals surface area contributed by atoms with Crippen LogP contribution < -0.4 is 5.32 Å². The van der Waals surface area contributed by atoms with Crippen molar-refractivity contribution in [1.29, 1.82) is 0 Å². The maximum absolute atomic E-state index is 12.7. The molecule has 1 aliphatic carbocycles. The minimum absolute atomic E-state index is 0.00469. The topological polar surface area (TPSA) is 66.5 Å². The zero-order valence-electron chi connectivity index (χ0n) is 14.8. The van der Waals surface area contributed by atoms with Gasteiger partial charge in [0.1, 0.15) is 0 Å². The molecule has 2 aliphatic heterocycles.